The molecule has 0 aromatic heterocycles. The van der Waals surface area contributed by atoms with Crippen molar-refractivity contribution in [2.45, 2.75) is 26.4 Å². The first-order valence-electron chi connectivity index (χ1n) is 7.46. The molecule has 0 atom stereocenters. The summed E-state index contributed by atoms with van der Waals surface area (Å²) in [5.41, 5.74) is 1.16. The van der Waals surface area contributed by atoms with E-state index in [0.717, 1.165) is 5.69 Å². The maximum atomic E-state index is 11.8. The van der Waals surface area contributed by atoms with Crippen molar-refractivity contribution in [2.75, 3.05) is 37.4 Å². The van der Waals surface area contributed by atoms with E-state index in [1.165, 1.54) is 0 Å². The van der Waals surface area contributed by atoms with Crippen LogP contribution < -0.4 is 20.9 Å². The molecule has 0 saturated carbocycles. The fourth-order valence-electron chi connectivity index (χ4n) is 1.69. The summed E-state index contributed by atoms with van der Waals surface area (Å²) in [6.07, 6.45) is -0.501. The van der Waals surface area contributed by atoms with Crippen LogP contribution in [0.2, 0.25) is 0 Å². The molecule has 7 heteroatoms. The standard InChI is InChI=1S/C16H26N4O3/c1-16(2,3)23-15(22)18-10-9-17-14(21)19-12-7-6-8-13(11-12)20(4)5/h6-8,11H,9-10H2,1-5H3,(H,18,22)(H2,17,19,21). The Bertz CT molecular complexity index is 538. The lowest BCUT2D eigenvalue weighted by Gasteiger charge is -2.19. The van der Waals surface area contributed by atoms with Gasteiger partial charge in [0.05, 0.1) is 0 Å². The second kappa shape index (κ2) is 8.26. The van der Waals surface area contributed by atoms with Gasteiger partial charge in [-0.1, -0.05) is 6.07 Å². The normalized spacial score (nSPS) is 10.7. The van der Waals surface area contributed by atoms with Crippen LogP contribution in [0.15, 0.2) is 24.3 Å². The zero-order chi connectivity index (χ0) is 17.5. The number of carbonyl (C=O) groups excluding carboxylic acids is 2. The molecule has 0 bridgehead atoms. The molecule has 0 saturated heterocycles. The van der Waals surface area contributed by atoms with Crippen LogP contribution in [0.1, 0.15) is 20.8 Å². The number of urea groups is 1. The van der Waals surface area contributed by atoms with Crippen molar-refractivity contribution in [3.8, 4) is 0 Å². The van der Waals surface area contributed by atoms with Crippen molar-refractivity contribution < 1.29 is 14.3 Å². The number of nitrogens with zero attached hydrogens (tertiary/aromatic N) is 1. The summed E-state index contributed by atoms with van der Waals surface area (Å²) in [6.45, 7) is 5.97. The third-order valence-corrected chi connectivity index (χ3v) is 2.70. The van der Waals surface area contributed by atoms with Gasteiger partial charge >= 0.3 is 12.1 Å². The number of alkyl carbamates (subject to hydrolysis) is 1. The van der Waals surface area contributed by atoms with Gasteiger partial charge in [-0.25, -0.2) is 9.59 Å². The molecule has 0 fully saturated rings. The van der Waals surface area contributed by atoms with Gasteiger partial charge in [0, 0.05) is 38.6 Å². The number of ether oxygens (including phenoxy) is 1. The minimum absolute atomic E-state index is 0.292. The van der Waals surface area contributed by atoms with Crippen molar-refractivity contribution >= 4 is 23.5 Å². The first kappa shape index (κ1) is 18.6. The maximum Gasteiger partial charge on any atom is 0.407 e. The van der Waals surface area contributed by atoms with Crippen LogP contribution in [0.4, 0.5) is 21.0 Å². The smallest absolute Gasteiger partial charge is 0.407 e. The zero-order valence-corrected chi connectivity index (χ0v) is 14.4. The van der Waals surface area contributed by atoms with E-state index in [1.54, 1.807) is 20.8 Å². The van der Waals surface area contributed by atoms with Gasteiger partial charge < -0.3 is 25.6 Å². The van der Waals surface area contributed by atoms with Crippen molar-refractivity contribution in [3.63, 3.8) is 0 Å². The molecule has 0 aliphatic carbocycles. The molecule has 0 heterocycles. The zero-order valence-electron chi connectivity index (χ0n) is 14.4. The molecular formula is C16H26N4O3. The molecule has 0 aliphatic heterocycles. The fraction of sp³-hybridized carbons (Fsp3) is 0.500. The molecule has 1 aromatic rings. The van der Waals surface area contributed by atoms with Crippen molar-refractivity contribution in [3.05, 3.63) is 24.3 Å². The Morgan fingerprint density at radius 3 is 2.39 bits per heavy atom. The van der Waals surface area contributed by atoms with Gasteiger partial charge in [-0.2, -0.15) is 0 Å². The average molecular weight is 322 g/mol. The lowest BCUT2D eigenvalue weighted by atomic mass is 10.2. The van der Waals surface area contributed by atoms with E-state index in [1.807, 2.05) is 43.3 Å². The highest BCUT2D eigenvalue weighted by Crippen LogP contribution is 2.16. The van der Waals surface area contributed by atoms with E-state index in [4.69, 9.17) is 4.74 Å². The lowest BCUT2D eigenvalue weighted by molar-refractivity contribution is 0.0528. The topological polar surface area (TPSA) is 82.7 Å². The molecule has 128 valence electrons. The number of amides is 3. The number of hydrogen-bond acceptors (Lipinski definition) is 4. The highest BCUT2D eigenvalue weighted by atomic mass is 16.6. The SMILES string of the molecule is CN(C)c1cccc(NC(=O)NCCNC(=O)OC(C)(C)C)c1. The van der Waals surface area contributed by atoms with E-state index in [2.05, 4.69) is 16.0 Å². The van der Waals surface area contributed by atoms with Crippen molar-refractivity contribution in [2.24, 2.45) is 0 Å². The van der Waals surface area contributed by atoms with Crippen LogP contribution in [0.25, 0.3) is 0 Å². The summed E-state index contributed by atoms with van der Waals surface area (Å²) in [7, 11) is 3.86. The molecule has 3 N–H and O–H groups in total. The number of anilines is 2. The van der Waals surface area contributed by atoms with Gasteiger partial charge in [0.1, 0.15) is 5.60 Å². The van der Waals surface area contributed by atoms with E-state index in [0.29, 0.717) is 18.8 Å². The second-order valence-corrected chi connectivity index (χ2v) is 6.25. The summed E-state index contributed by atoms with van der Waals surface area (Å²) in [5.74, 6) is 0. The molecule has 0 radical (unpaired) electrons. The molecule has 23 heavy (non-hydrogen) atoms. The molecule has 0 aliphatic rings. The fourth-order valence-corrected chi connectivity index (χ4v) is 1.69. The number of benzene rings is 1. The van der Waals surface area contributed by atoms with Crippen molar-refractivity contribution in [1.82, 2.24) is 10.6 Å². The van der Waals surface area contributed by atoms with Crippen LogP contribution in [-0.4, -0.2) is 44.9 Å². The van der Waals surface area contributed by atoms with Crippen LogP contribution in [0, 0.1) is 0 Å². The van der Waals surface area contributed by atoms with E-state index < -0.39 is 11.7 Å². The van der Waals surface area contributed by atoms with E-state index in [-0.39, 0.29) is 6.03 Å². The predicted molar refractivity (Wildman–Crippen MR) is 92.0 cm³/mol. The summed E-state index contributed by atoms with van der Waals surface area (Å²) in [5, 5.41) is 7.98. The van der Waals surface area contributed by atoms with Gasteiger partial charge in [-0.3, -0.25) is 0 Å². The number of hydrogen-bond donors (Lipinski definition) is 3. The number of carbonyl (C=O) groups is 2. The summed E-state index contributed by atoms with van der Waals surface area (Å²) in [4.78, 5) is 25.2. The molecule has 7 nitrogen and oxygen atoms in total. The van der Waals surface area contributed by atoms with Gasteiger partial charge in [-0.05, 0) is 39.0 Å². The van der Waals surface area contributed by atoms with Crippen LogP contribution in [-0.2, 0) is 4.74 Å². The first-order valence-corrected chi connectivity index (χ1v) is 7.46. The Morgan fingerprint density at radius 2 is 1.78 bits per heavy atom. The van der Waals surface area contributed by atoms with E-state index >= 15 is 0 Å². The predicted octanol–water partition coefficient (Wildman–Crippen LogP) is 2.40. The Morgan fingerprint density at radius 1 is 1.13 bits per heavy atom. The first-order chi connectivity index (χ1) is 10.7. The number of nitrogens with one attached hydrogen (secondary N) is 3. The number of rotatable bonds is 5. The van der Waals surface area contributed by atoms with Crippen LogP contribution in [0.3, 0.4) is 0 Å². The highest BCUT2D eigenvalue weighted by molar-refractivity contribution is 5.89. The minimum atomic E-state index is -0.535. The van der Waals surface area contributed by atoms with Gasteiger partial charge in [0.2, 0.25) is 0 Å². The Labute approximate surface area is 137 Å². The quantitative estimate of drug-likeness (QED) is 0.727. The van der Waals surface area contributed by atoms with Gasteiger partial charge in [-0.15, -0.1) is 0 Å². The molecule has 1 aromatic carbocycles. The van der Waals surface area contributed by atoms with Gasteiger partial charge in [0.15, 0.2) is 0 Å². The third kappa shape index (κ3) is 7.94. The minimum Gasteiger partial charge on any atom is -0.444 e. The Hall–Kier alpha value is -2.44. The maximum absolute atomic E-state index is 11.8. The summed E-state index contributed by atoms with van der Waals surface area (Å²) >= 11 is 0. The Balaban J connectivity index is 2.30. The molecule has 1 rings (SSSR count). The van der Waals surface area contributed by atoms with Gasteiger partial charge in [0.25, 0.3) is 0 Å². The molecule has 0 unspecified atom stereocenters. The monoisotopic (exact) mass is 322 g/mol. The summed E-state index contributed by atoms with van der Waals surface area (Å²) in [6, 6.07) is 7.18. The summed E-state index contributed by atoms with van der Waals surface area (Å²) < 4.78 is 5.09. The highest BCUT2D eigenvalue weighted by Gasteiger charge is 2.15. The van der Waals surface area contributed by atoms with Crippen LogP contribution >= 0.6 is 0 Å². The second-order valence-electron chi connectivity index (χ2n) is 6.25. The van der Waals surface area contributed by atoms with E-state index in [9.17, 15) is 9.59 Å². The molecular weight excluding hydrogens is 296 g/mol. The lowest BCUT2D eigenvalue weighted by Crippen LogP contribution is -2.39. The Kier molecular flexibility index (Phi) is 6.68. The third-order valence-electron chi connectivity index (χ3n) is 2.70. The molecule has 3 amide bonds. The van der Waals surface area contributed by atoms with Crippen molar-refractivity contribution in [1.29, 1.82) is 0 Å². The largest absolute Gasteiger partial charge is 0.444 e. The van der Waals surface area contributed by atoms with Crippen LogP contribution in [0.5, 0.6) is 0 Å². The molecule has 0 spiro atoms. The average Bonchev–Trinajstić information content (AvgIpc) is 2.42.